The Kier molecular flexibility index (Phi) is 6.90. The predicted octanol–water partition coefficient (Wildman–Crippen LogP) is 5.20. The van der Waals surface area contributed by atoms with Crippen molar-refractivity contribution in [3.05, 3.63) is 59.4 Å². The van der Waals surface area contributed by atoms with Gasteiger partial charge in [-0.2, -0.15) is 0 Å². The lowest BCUT2D eigenvalue weighted by atomic mass is 9.79. The van der Waals surface area contributed by atoms with E-state index in [9.17, 15) is 9.18 Å². The molecule has 1 N–H and O–H groups in total. The van der Waals surface area contributed by atoms with Crippen molar-refractivity contribution in [3.8, 4) is 11.5 Å². The van der Waals surface area contributed by atoms with Gasteiger partial charge in [-0.05, 0) is 85.4 Å². The summed E-state index contributed by atoms with van der Waals surface area (Å²) >= 11 is 0. The van der Waals surface area contributed by atoms with Crippen LogP contribution in [0.25, 0.3) is 0 Å². The summed E-state index contributed by atoms with van der Waals surface area (Å²) in [6, 6.07) is 12.6. The van der Waals surface area contributed by atoms with E-state index in [0.717, 1.165) is 42.6 Å². The van der Waals surface area contributed by atoms with Crippen LogP contribution in [0, 0.1) is 11.7 Å². The van der Waals surface area contributed by atoms with E-state index < -0.39 is 5.97 Å². The number of methoxy groups -OCH3 is 1. The first-order chi connectivity index (χ1) is 13.5. The molecule has 0 atom stereocenters. The Morgan fingerprint density at radius 2 is 1.89 bits per heavy atom. The van der Waals surface area contributed by atoms with Crippen molar-refractivity contribution in [2.75, 3.05) is 13.7 Å². The monoisotopic (exact) mass is 386 g/mol. The fraction of sp³-hybridized carbons (Fsp3) is 0.435. The summed E-state index contributed by atoms with van der Waals surface area (Å²) < 4.78 is 25.4. The van der Waals surface area contributed by atoms with E-state index in [1.807, 2.05) is 30.3 Å². The highest BCUT2D eigenvalue weighted by Crippen LogP contribution is 2.38. The molecule has 2 aromatic carbocycles. The summed E-state index contributed by atoms with van der Waals surface area (Å²) in [4.78, 5) is 10.7. The fourth-order valence-corrected chi connectivity index (χ4v) is 3.86. The van der Waals surface area contributed by atoms with Gasteiger partial charge in [-0.15, -0.1) is 0 Å². The Morgan fingerprint density at radius 1 is 1.11 bits per heavy atom. The van der Waals surface area contributed by atoms with Crippen LogP contribution in [0.4, 0.5) is 4.39 Å². The largest absolute Gasteiger partial charge is 0.497 e. The maximum absolute atomic E-state index is 14.2. The number of hydrogen-bond donors (Lipinski definition) is 1. The van der Waals surface area contributed by atoms with Gasteiger partial charge in [0.15, 0.2) is 0 Å². The molecule has 0 aromatic heterocycles. The third-order valence-electron chi connectivity index (χ3n) is 5.50. The molecule has 28 heavy (non-hydrogen) atoms. The van der Waals surface area contributed by atoms with E-state index in [0.29, 0.717) is 24.7 Å². The van der Waals surface area contributed by atoms with Crippen molar-refractivity contribution in [1.29, 1.82) is 0 Å². The Morgan fingerprint density at radius 3 is 2.61 bits per heavy atom. The normalized spacial score (nSPS) is 19.2. The molecule has 0 bridgehead atoms. The molecule has 4 nitrogen and oxygen atoms in total. The van der Waals surface area contributed by atoms with Gasteiger partial charge in [0.2, 0.25) is 0 Å². The SMILES string of the molecule is COc1ccc(F)c(C2CCC(COc3cccc(CCC(=O)O)c3)CC2)c1. The first-order valence-corrected chi connectivity index (χ1v) is 9.82. The zero-order valence-electron chi connectivity index (χ0n) is 16.2. The number of hydrogen-bond acceptors (Lipinski definition) is 3. The maximum atomic E-state index is 14.2. The second kappa shape index (κ2) is 9.58. The van der Waals surface area contributed by atoms with Gasteiger partial charge in [0, 0.05) is 6.42 Å². The molecule has 3 rings (SSSR count). The molecule has 0 saturated heterocycles. The minimum atomic E-state index is -0.796. The van der Waals surface area contributed by atoms with Crippen LogP contribution in [0.3, 0.4) is 0 Å². The van der Waals surface area contributed by atoms with E-state index in [2.05, 4.69) is 0 Å². The number of carboxylic acid groups (broad SMARTS) is 1. The van der Waals surface area contributed by atoms with Gasteiger partial charge < -0.3 is 14.6 Å². The van der Waals surface area contributed by atoms with E-state index in [-0.39, 0.29) is 18.2 Å². The van der Waals surface area contributed by atoms with Crippen molar-refractivity contribution in [2.45, 2.75) is 44.4 Å². The molecule has 150 valence electrons. The molecule has 1 saturated carbocycles. The Balaban J connectivity index is 1.50. The van der Waals surface area contributed by atoms with Crippen LogP contribution in [0.15, 0.2) is 42.5 Å². The first kappa shape index (κ1) is 20.2. The number of benzene rings is 2. The van der Waals surface area contributed by atoms with Crippen LogP contribution >= 0.6 is 0 Å². The second-order valence-electron chi connectivity index (χ2n) is 7.46. The number of carboxylic acids is 1. The zero-order chi connectivity index (χ0) is 19.9. The van der Waals surface area contributed by atoms with Crippen LogP contribution in [0.1, 0.15) is 49.1 Å². The number of ether oxygens (including phenoxy) is 2. The molecular formula is C23H27FO4. The Bertz CT molecular complexity index is 797. The lowest BCUT2D eigenvalue weighted by molar-refractivity contribution is -0.136. The topological polar surface area (TPSA) is 55.8 Å². The third kappa shape index (κ3) is 5.47. The van der Waals surface area contributed by atoms with Gasteiger partial charge in [0.05, 0.1) is 13.7 Å². The zero-order valence-corrected chi connectivity index (χ0v) is 16.2. The molecule has 1 fully saturated rings. The quantitative estimate of drug-likeness (QED) is 0.677. The minimum Gasteiger partial charge on any atom is -0.497 e. The molecule has 0 aliphatic heterocycles. The predicted molar refractivity (Wildman–Crippen MR) is 106 cm³/mol. The minimum absolute atomic E-state index is 0.119. The van der Waals surface area contributed by atoms with Crippen LogP contribution in [0.5, 0.6) is 11.5 Å². The molecule has 1 aliphatic rings. The highest BCUT2D eigenvalue weighted by molar-refractivity contribution is 5.67. The molecule has 0 heterocycles. The molecule has 0 spiro atoms. The lowest BCUT2D eigenvalue weighted by Crippen LogP contribution is -2.20. The van der Waals surface area contributed by atoms with Gasteiger partial charge in [-0.3, -0.25) is 4.79 Å². The fourth-order valence-electron chi connectivity index (χ4n) is 3.86. The molecule has 0 radical (unpaired) electrons. The number of aliphatic carboxylic acids is 1. The van der Waals surface area contributed by atoms with Crippen molar-refractivity contribution in [2.24, 2.45) is 5.92 Å². The molecule has 0 amide bonds. The van der Waals surface area contributed by atoms with Crippen LogP contribution in [-0.4, -0.2) is 24.8 Å². The van der Waals surface area contributed by atoms with Crippen LogP contribution in [-0.2, 0) is 11.2 Å². The number of carbonyl (C=O) groups is 1. The van der Waals surface area contributed by atoms with E-state index in [1.165, 1.54) is 6.07 Å². The van der Waals surface area contributed by atoms with Gasteiger partial charge in [-0.25, -0.2) is 4.39 Å². The molecule has 2 aromatic rings. The lowest BCUT2D eigenvalue weighted by Gasteiger charge is -2.29. The summed E-state index contributed by atoms with van der Waals surface area (Å²) in [5.74, 6) is 1.21. The number of halogens is 1. The smallest absolute Gasteiger partial charge is 0.303 e. The standard InChI is InChI=1S/C23H27FO4/c1-27-19-10-11-22(24)21(14-19)18-8-5-17(6-9-18)15-28-20-4-2-3-16(13-20)7-12-23(25)26/h2-4,10-11,13-14,17-18H,5-9,12,15H2,1H3,(H,25,26). The van der Waals surface area contributed by atoms with E-state index >= 15 is 0 Å². The highest BCUT2D eigenvalue weighted by Gasteiger charge is 2.25. The Labute approximate surface area is 165 Å². The molecule has 0 unspecified atom stereocenters. The molecular weight excluding hydrogens is 359 g/mol. The van der Waals surface area contributed by atoms with Crippen molar-refractivity contribution in [3.63, 3.8) is 0 Å². The summed E-state index contributed by atoms with van der Waals surface area (Å²) in [5, 5.41) is 8.81. The Hall–Kier alpha value is -2.56. The van der Waals surface area contributed by atoms with Crippen LogP contribution in [0.2, 0.25) is 0 Å². The molecule has 5 heteroatoms. The molecule has 1 aliphatic carbocycles. The van der Waals surface area contributed by atoms with Crippen molar-refractivity contribution in [1.82, 2.24) is 0 Å². The van der Waals surface area contributed by atoms with Gasteiger partial charge in [-0.1, -0.05) is 12.1 Å². The van der Waals surface area contributed by atoms with E-state index in [4.69, 9.17) is 14.6 Å². The number of aryl methyl sites for hydroxylation is 1. The summed E-state index contributed by atoms with van der Waals surface area (Å²) in [5.41, 5.74) is 1.72. The average Bonchev–Trinajstić information content (AvgIpc) is 2.72. The summed E-state index contributed by atoms with van der Waals surface area (Å²) in [7, 11) is 1.60. The maximum Gasteiger partial charge on any atom is 0.303 e. The summed E-state index contributed by atoms with van der Waals surface area (Å²) in [6.07, 6.45) is 4.51. The summed E-state index contributed by atoms with van der Waals surface area (Å²) in [6.45, 7) is 0.635. The van der Waals surface area contributed by atoms with E-state index in [1.54, 1.807) is 13.2 Å². The number of rotatable bonds is 8. The highest BCUT2D eigenvalue weighted by atomic mass is 19.1. The van der Waals surface area contributed by atoms with Gasteiger partial charge in [0.1, 0.15) is 17.3 Å². The van der Waals surface area contributed by atoms with Crippen LogP contribution < -0.4 is 9.47 Å². The van der Waals surface area contributed by atoms with Crippen molar-refractivity contribution < 1.29 is 23.8 Å². The van der Waals surface area contributed by atoms with Gasteiger partial charge in [0.25, 0.3) is 0 Å². The van der Waals surface area contributed by atoms with Gasteiger partial charge >= 0.3 is 5.97 Å². The first-order valence-electron chi connectivity index (χ1n) is 9.82. The second-order valence-corrected chi connectivity index (χ2v) is 7.46. The van der Waals surface area contributed by atoms with Crippen molar-refractivity contribution >= 4 is 5.97 Å². The third-order valence-corrected chi connectivity index (χ3v) is 5.50. The average molecular weight is 386 g/mol.